The Balaban J connectivity index is 1.97. The van der Waals surface area contributed by atoms with Crippen LogP contribution in [0.5, 0.6) is 5.75 Å². The summed E-state index contributed by atoms with van der Waals surface area (Å²) < 4.78 is 33.5. The Hall–Kier alpha value is -3.32. The number of aryl methyl sites for hydroxylation is 1. The van der Waals surface area contributed by atoms with Crippen molar-refractivity contribution in [3.05, 3.63) is 90.0 Å². The standard InChI is InChI=1S/C24H26N2O4S/c1-18-14-15-23(30-3)22(16-18)26(31(28,29)21-12-8-5-9-13-21)17-24(27)25-19(2)20-10-6-4-7-11-20/h4-16,19H,17H2,1-3H3,(H,25,27). The fraction of sp³-hybridized carbons (Fsp3) is 0.208. The van der Waals surface area contributed by atoms with Gasteiger partial charge in [0.15, 0.2) is 0 Å². The van der Waals surface area contributed by atoms with Gasteiger partial charge < -0.3 is 10.1 Å². The molecular weight excluding hydrogens is 412 g/mol. The van der Waals surface area contributed by atoms with E-state index in [9.17, 15) is 13.2 Å². The fourth-order valence-electron chi connectivity index (χ4n) is 3.26. The van der Waals surface area contributed by atoms with Gasteiger partial charge in [0, 0.05) is 0 Å². The number of methoxy groups -OCH3 is 1. The number of carbonyl (C=O) groups excluding carboxylic acids is 1. The van der Waals surface area contributed by atoms with Gasteiger partial charge in [0.25, 0.3) is 10.0 Å². The highest BCUT2D eigenvalue weighted by molar-refractivity contribution is 7.92. The van der Waals surface area contributed by atoms with Gasteiger partial charge in [-0.3, -0.25) is 9.10 Å². The van der Waals surface area contributed by atoms with Crippen LogP contribution in [0.3, 0.4) is 0 Å². The summed E-state index contributed by atoms with van der Waals surface area (Å²) in [4.78, 5) is 13.0. The number of carbonyl (C=O) groups is 1. The molecule has 0 bridgehead atoms. The van der Waals surface area contributed by atoms with Gasteiger partial charge in [0.1, 0.15) is 12.3 Å². The molecule has 31 heavy (non-hydrogen) atoms. The zero-order valence-electron chi connectivity index (χ0n) is 17.8. The van der Waals surface area contributed by atoms with Crippen LogP contribution in [0, 0.1) is 6.92 Å². The molecule has 1 unspecified atom stereocenters. The van der Waals surface area contributed by atoms with E-state index in [4.69, 9.17) is 4.74 Å². The van der Waals surface area contributed by atoms with Gasteiger partial charge in [-0.2, -0.15) is 0 Å². The Morgan fingerprint density at radius 3 is 2.23 bits per heavy atom. The van der Waals surface area contributed by atoms with Gasteiger partial charge >= 0.3 is 0 Å². The number of hydrogen-bond donors (Lipinski definition) is 1. The molecule has 0 aliphatic rings. The number of nitrogens with zero attached hydrogens (tertiary/aromatic N) is 1. The van der Waals surface area contributed by atoms with Crippen molar-refractivity contribution in [3.63, 3.8) is 0 Å². The number of benzene rings is 3. The summed E-state index contributed by atoms with van der Waals surface area (Å²) in [6.07, 6.45) is 0. The lowest BCUT2D eigenvalue weighted by Gasteiger charge is -2.26. The third-order valence-electron chi connectivity index (χ3n) is 4.90. The Morgan fingerprint density at radius 2 is 1.61 bits per heavy atom. The zero-order valence-corrected chi connectivity index (χ0v) is 18.6. The molecule has 0 saturated carbocycles. The lowest BCUT2D eigenvalue weighted by molar-refractivity contribution is -0.120. The molecule has 1 atom stereocenters. The SMILES string of the molecule is COc1ccc(C)cc1N(CC(=O)NC(C)c1ccccc1)S(=O)(=O)c1ccccc1. The summed E-state index contributed by atoms with van der Waals surface area (Å²) in [6, 6.07) is 22.5. The van der Waals surface area contributed by atoms with E-state index in [1.807, 2.05) is 50.2 Å². The fourth-order valence-corrected chi connectivity index (χ4v) is 4.70. The molecule has 3 aromatic rings. The molecule has 0 aliphatic carbocycles. The lowest BCUT2D eigenvalue weighted by Crippen LogP contribution is -2.41. The molecule has 0 aromatic heterocycles. The normalized spacial score (nSPS) is 12.1. The third kappa shape index (κ3) is 5.24. The largest absolute Gasteiger partial charge is 0.495 e. The summed E-state index contributed by atoms with van der Waals surface area (Å²) in [6.45, 7) is 3.33. The second-order valence-electron chi connectivity index (χ2n) is 7.20. The highest BCUT2D eigenvalue weighted by atomic mass is 32.2. The van der Waals surface area contributed by atoms with E-state index in [1.54, 1.807) is 30.3 Å². The van der Waals surface area contributed by atoms with Crippen molar-refractivity contribution in [2.75, 3.05) is 18.0 Å². The minimum atomic E-state index is -4.01. The van der Waals surface area contributed by atoms with Crippen LogP contribution in [0.2, 0.25) is 0 Å². The highest BCUT2D eigenvalue weighted by Gasteiger charge is 2.29. The van der Waals surface area contributed by atoms with Crippen molar-refractivity contribution in [3.8, 4) is 5.75 Å². The number of hydrogen-bond acceptors (Lipinski definition) is 4. The quantitative estimate of drug-likeness (QED) is 0.575. The second-order valence-corrected chi connectivity index (χ2v) is 9.06. The van der Waals surface area contributed by atoms with Crippen LogP contribution in [-0.4, -0.2) is 28.0 Å². The molecule has 7 heteroatoms. The Morgan fingerprint density at radius 1 is 1.00 bits per heavy atom. The van der Waals surface area contributed by atoms with Gasteiger partial charge in [-0.25, -0.2) is 8.42 Å². The van der Waals surface area contributed by atoms with E-state index in [-0.39, 0.29) is 17.5 Å². The first-order chi connectivity index (χ1) is 14.8. The molecule has 0 saturated heterocycles. The van der Waals surface area contributed by atoms with Crippen LogP contribution in [0.15, 0.2) is 83.8 Å². The van der Waals surface area contributed by atoms with Crippen LogP contribution in [0.4, 0.5) is 5.69 Å². The average Bonchev–Trinajstić information content (AvgIpc) is 2.78. The number of amides is 1. The molecule has 0 radical (unpaired) electrons. The van der Waals surface area contributed by atoms with Crippen molar-refractivity contribution in [2.45, 2.75) is 24.8 Å². The summed E-state index contributed by atoms with van der Waals surface area (Å²) in [5.74, 6) is -0.0477. The molecule has 0 aliphatic heterocycles. The molecule has 0 fully saturated rings. The van der Waals surface area contributed by atoms with Crippen LogP contribution in [-0.2, 0) is 14.8 Å². The first-order valence-electron chi connectivity index (χ1n) is 9.89. The molecule has 0 heterocycles. The van der Waals surface area contributed by atoms with E-state index in [1.165, 1.54) is 19.2 Å². The highest BCUT2D eigenvalue weighted by Crippen LogP contribution is 2.33. The maximum Gasteiger partial charge on any atom is 0.264 e. The van der Waals surface area contributed by atoms with Gasteiger partial charge in [0.2, 0.25) is 5.91 Å². The summed E-state index contributed by atoms with van der Waals surface area (Å²) in [5, 5.41) is 2.89. The van der Waals surface area contributed by atoms with Crippen molar-refractivity contribution < 1.29 is 17.9 Å². The number of nitrogens with one attached hydrogen (secondary N) is 1. The predicted octanol–water partition coefficient (Wildman–Crippen LogP) is 4.08. The second kappa shape index (κ2) is 9.66. The number of rotatable bonds is 8. The molecule has 3 aromatic carbocycles. The molecule has 6 nitrogen and oxygen atoms in total. The number of anilines is 1. The first kappa shape index (κ1) is 22.4. The summed E-state index contributed by atoms with van der Waals surface area (Å²) in [5.41, 5.74) is 2.09. The van der Waals surface area contributed by atoms with E-state index < -0.39 is 15.9 Å². The van der Waals surface area contributed by atoms with Crippen molar-refractivity contribution in [1.29, 1.82) is 0 Å². The molecule has 1 N–H and O–H groups in total. The summed E-state index contributed by atoms with van der Waals surface area (Å²) in [7, 11) is -2.54. The Kier molecular flexibility index (Phi) is 6.97. The Bertz CT molecular complexity index is 1130. The molecular formula is C24H26N2O4S. The van der Waals surface area contributed by atoms with E-state index in [0.717, 1.165) is 15.4 Å². The van der Waals surface area contributed by atoms with Crippen LogP contribution < -0.4 is 14.4 Å². The van der Waals surface area contributed by atoms with Gasteiger partial charge in [-0.05, 0) is 49.2 Å². The van der Waals surface area contributed by atoms with Gasteiger partial charge in [0.05, 0.1) is 23.7 Å². The minimum Gasteiger partial charge on any atom is -0.495 e. The van der Waals surface area contributed by atoms with E-state index in [0.29, 0.717) is 11.4 Å². The topological polar surface area (TPSA) is 75.7 Å². The Labute approximate surface area is 183 Å². The van der Waals surface area contributed by atoms with E-state index >= 15 is 0 Å². The van der Waals surface area contributed by atoms with Gasteiger partial charge in [-0.1, -0.05) is 54.6 Å². The van der Waals surface area contributed by atoms with Crippen LogP contribution in [0.25, 0.3) is 0 Å². The third-order valence-corrected chi connectivity index (χ3v) is 6.67. The number of sulfonamides is 1. The van der Waals surface area contributed by atoms with Crippen molar-refractivity contribution >= 4 is 21.6 Å². The van der Waals surface area contributed by atoms with Crippen LogP contribution >= 0.6 is 0 Å². The van der Waals surface area contributed by atoms with Crippen LogP contribution in [0.1, 0.15) is 24.1 Å². The average molecular weight is 439 g/mol. The molecule has 162 valence electrons. The summed E-state index contributed by atoms with van der Waals surface area (Å²) >= 11 is 0. The van der Waals surface area contributed by atoms with Crippen molar-refractivity contribution in [2.24, 2.45) is 0 Å². The molecule has 1 amide bonds. The number of ether oxygens (including phenoxy) is 1. The first-order valence-corrected chi connectivity index (χ1v) is 11.3. The molecule has 3 rings (SSSR count). The maximum atomic E-state index is 13.5. The zero-order chi connectivity index (χ0) is 22.4. The van der Waals surface area contributed by atoms with Gasteiger partial charge in [-0.15, -0.1) is 0 Å². The smallest absolute Gasteiger partial charge is 0.264 e. The minimum absolute atomic E-state index is 0.0995. The monoisotopic (exact) mass is 438 g/mol. The predicted molar refractivity (Wildman–Crippen MR) is 122 cm³/mol. The molecule has 0 spiro atoms. The maximum absolute atomic E-state index is 13.5. The van der Waals surface area contributed by atoms with Crippen molar-refractivity contribution in [1.82, 2.24) is 5.32 Å². The van der Waals surface area contributed by atoms with E-state index in [2.05, 4.69) is 5.32 Å². The lowest BCUT2D eigenvalue weighted by atomic mass is 10.1.